The van der Waals surface area contributed by atoms with Crippen molar-refractivity contribution in [2.75, 3.05) is 4.90 Å². The van der Waals surface area contributed by atoms with Gasteiger partial charge in [-0.25, -0.2) is 0 Å². The number of furan rings is 1. The van der Waals surface area contributed by atoms with E-state index < -0.39 is 0 Å². The first-order chi connectivity index (χ1) is 12.8. The summed E-state index contributed by atoms with van der Waals surface area (Å²) in [7, 11) is 0. The fourth-order valence-corrected chi connectivity index (χ4v) is 3.82. The van der Waals surface area contributed by atoms with E-state index in [0.29, 0.717) is 6.61 Å². The first-order valence-electron chi connectivity index (χ1n) is 9.48. The van der Waals surface area contributed by atoms with Gasteiger partial charge in [0.15, 0.2) is 5.75 Å². The Morgan fingerprint density at radius 2 is 1.59 bits per heavy atom. The fraction of sp³-hybridized carbons (Fsp3) is 0.333. The summed E-state index contributed by atoms with van der Waals surface area (Å²) in [5.41, 5.74) is 7.35. The van der Waals surface area contributed by atoms with Gasteiger partial charge in [0.25, 0.3) is 0 Å². The van der Waals surface area contributed by atoms with Gasteiger partial charge in [0.1, 0.15) is 12.4 Å². The van der Waals surface area contributed by atoms with E-state index in [1.165, 1.54) is 16.7 Å². The molecule has 3 heteroatoms. The molecule has 2 heterocycles. The minimum atomic E-state index is 0.111. The summed E-state index contributed by atoms with van der Waals surface area (Å²) < 4.78 is 12.2. The average Bonchev–Trinajstić information content (AvgIpc) is 2.89. The number of ether oxygens (including phenoxy) is 1. The highest BCUT2D eigenvalue weighted by molar-refractivity contribution is 5.83. The minimum Gasteiger partial charge on any atom is -0.483 e. The number of aryl methyl sites for hydroxylation is 3. The number of rotatable bonds is 1. The number of benzene rings is 2. The molecule has 27 heavy (non-hydrogen) atoms. The van der Waals surface area contributed by atoms with Gasteiger partial charge in [-0.2, -0.15) is 0 Å². The van der Waals surface area contributed by atoms with E-state index in [0.717, 1.165) is 34.3 Å². The van der Waals surface area contributed by atoms with Crippen molar-refractivity contribution in [1.82, 2.24) is 0 Å². The highest BCUT2D eigenvalue weighted by Crippen LogP contribution is 2.48. The van der Waals surface area contributed by atoms with Crippen LogP contribution in [0.3, 0.4) is 0 Å². The summed E-state index contributed by atoms with van der Waals surface area (Å²) in [4.78, 5) is 2.22. The number of para-hydroxylation sites is 1. The Kier molecular flexibility index (Phi) is 4.06. The van der Waals surface area contributed by atoms with E-state index in [4.69, 9.17) is 9.15 Å². The highest BCUT2D eigenvalue weighted by atomic mass is 16.5. The van der Waals surface area contributed by atoms with Gasteiger partial charge < -0.3 is 9.15 Å². The zero-order valence-corrected chi connectivity index (χ0v) is 17.0. The fourth-order valence-electron chi connectivity index (χ4n) is 3.82. The quantitative estimate of drug-likeness (QED) is 0.473. The van der Waals surface area contributed by atoms with Crippen LogP contribution in [-0.2, 0) is 12.0 Å². The Labute approximate surface area is 161 Å². The van der Waals surface area contributed by atoms with Crippen LogP contribution in [0.2, 0.25) is 0 Å². The number of hydrogen-bond acceptors (Lipinski definition) is 3. The summed E-state index contributed by atoms with van der Waals surface area (Å²) in [6, 6.07) is 15.0. The Bertz CT molecular complexity index is 984. The van der Waals surface area contributed by atoms with Crippen molar-refractivity contribution in [3.05, 3.63) is 70.5 Å². The molecule has 0 spiro atoms. The van der Waals surface area contributed by atoms with Gasteiger partial charge in [-0.15, -0.1) is 0 Å². The topological polar surface area (TPSA) is 25.6 Å². The van der Waals surface area contributed by atoms with Crippen molar-refractivity contribution < 1.29 is 9.15 Å². The zero-order valence-electron chi connectivity index (χ0n) is 17.0. The van der Waals surface area contributed by atoms with Crippen molar-refractivity contribution in [3.63, 3.8) is 0 Å². The van der Waals surface area contributed by atoms with Crippen LogP contribution in [0.4, 0.5) is 17.3 Å². The number of fused-ring (bicyclic) bond motifs is 2. The zero-order chi connectivity index (χ0) is 19.3. The van der Waals surface area contributed by atoms with E-state index in [-0.39, 0.29) is 5.41 Å². The lowest BCUT2D eigenvalue weighted by Gasteiger charge is -2.29. The van der Waals surface area contributed by atoms with Crippen LogP contribution in [0.25, 0.3) is 0 Å². The molecule has 0 amide bonds. The lowest BCUT2D eigenvalue weighted by atomic mass is 9.84. The van der Waals surface area contributed by atoms with Gasteiger partial charge in [-0.05, 0) is 48.9 Å². The van der Waals surface area contributed by atoms with Gasteiger partial charge in [0.05, 0.1) is 11.4 Å². The molecular formula is C24H27NO2. The minimum absolute atomic E-state index is 0.111. The third kappa shape index (κ3) is 3.01. The van der Waals surface area contributed by atoms with E-state index in [9.17, 15) is 0 Å². The molecule has 3 nitrogen and oxygen atoms in total. The van der Waals surface area contributed by atoms with E-state index in [1.807, 2.05) is 13.0 Å². The molecule has 0 fully saturated rings. The molecule has 0 N–H and O–H groups in total. The largest absolute Gasteiger partial charge is 0.483 e. The molecule has 140 valence electrons. The van der Waals surface area contributed by atoms with E-state index >= 15 is 0 Å². The van der Waals surface area contributed by atoms with Crippen LogP contribution in [0.1, 0.15) is 48.8 Å². The van der Waals surface area contributed by atoms with Crippen molar-refractivity contribution in [1.29, 1.82) is 0 Å². The molecule has 0 radical (unpaired) electrons. The van der Waals surface area contributed by atoms with E-state index in [1.54, 1.807) is 0 Å². The van der Waals surface area contributed by atoms with Crippen molar-refractivity contribution in [3.8, 4) is 5.75 Å². The molecule has 2 aromatic carbocycles. The molecule has 0 saturated carbocycles. The molecule has 0 aliphatic carbocycles. The number of nitrogens with zero attached hydrogens (tertiary/aromatic N) is 1. The predicted octanol–water partition coefficient (Wildman–Crippen LogP) is 6.86. The smallest absolute Gasteiger partial charge is 0.247 e. The Balaban J connectivity index is 1.99. The maximum atomic E-state index is 6.12. The van der Waals surface area contributed by atoms with Crippen LogP contribution in [0.5, 0.6) is 5.75 Å². The molecule has 0 unspecified atom stereocenters. The number of anilines is 3. The molecule has 0 atom stereocenters. The Morgan fingerprint density at radius 3 is 2.26 bits per heavy atom. The second-order valence-corrected chi connectivity index (χ2v) is 8.49. The lowest BCUT2D eigenvalue weighted by Crippen LogP contribution is -2.16. The molecule has 1 aliphatic rings. The maximum Gasteiger partial charge on any atom is 0.247 e. The summed E-state index contributed by atoms with van der Waals surface area (Å²) >= 11 is 0. The second-order valence-electron chi connectivity index (χ2n) is 8.49. The second kappa shape index (κ2) is 6.19. The van der Waals surface area contributed by atoms with Gasteiger partial charge in [0, 0.05) is 11.6 Å². The highest BCUT2D eigenvalue weighted by Gasteiger charge is 2.29. The summed E-state index contributed by atoms with van der Waals surface area (Å²) in [6.45, 7) is 13.6. The Morgan fingerprint density at radius 1 is 0.926 bits per heavy atom. The van der Waals surface area contributed by atoms with E-state index in [2.05, 4.69) is 75.9 Å². The first kappa shape index (κ1) is 17.7. The monoisotopic (exact) mass is 361 g/mol. The third-order valence-corrected chi connectivity index (χ3v) is 5.20. The molecule has 3 aromatic rings. The average molecular weight is 361 g/mol. The van der Waals surface area contributed by atoms with Crippen LogP contribution in [-0.4, -0.2) is 0 Å². The van der Waals surface area contributed by atoms with Crippen LogP contribution >= 0.6 is 0 Å². The first-order valence-corrected chi connectivity index (χ1v) is 9.48. The third-order valence-electron chi connectivity index (χ3n) is 5.20. The van der Waals surface area contributed by atoms with Crippen molar-refractivity contribution in [2.45, 2.75) is 53.6 Å². The Hall–Kier alpha value is -2.68. The van der Waals surface area contributed by atoms with Crippen LogP contribution in [0, 0.1) is 20.8 Å². The molecule has 1 aromatic heterocycles. The van der Waals surface area contributed by atoms with Gasteiger partial charge in [0.2, 0.25) is 5.88 Å². The maximum absolute atomic E-state index is 6.12. The SMILES string of the molecule is Cc1cc2c(o1)N(c1c(C)cc(C(C)(C)C)cc1C)c1ccccc1CO2. The predicted molar refractivity (Wildman–Crippen MR) is 111 cm³/mol. The molecule has 4 rings (SSSR count). The molecular weight excluding hydrogens is 334 g/mol. The lowest BCUT2D eigenvalue weighted by molar-refractivity contribution is 0.308. The standard InChI is InChI=1S/C24H27NO2/c1-15-11-19(24(4,5)6)12-16(2)22(15)25-20-10-8-7-9-18(20)14-26-21-13-17(3)27-23(21)25/h7-13H,14H2,1-6H3. The van der Waals surface area contributed by atoms with Gasteiger partial charge in [-0.1, -0.05) is 51.1 Å². The summed E-state index contributed by atoms with van der Waals surface area (Å²) in [6.07, 6.45) is 0. The number of hydrogen-bond donors (Lipinski definition) is 0. The summed E-state index contributed by atoms with van der Waals surface area (Å²) in [5, 5.41) is 0. The van der Waals surface area contributed by atoms with Gasteiger partial charge in [-0.3, -0.25) is 4.90 Å². The molecule has 0 bridgehead atoms. The molecule has 0 saturated heterocycles. The van der Waals surface area contributed by atoms with Crippen molar-refractivity contribution in [2.24, 2.45) is 0 Å². The van der Waals surface area contributed by atoms with Crippen molar-refractivity contribution >= 4 is 17.3 Å². The van der Waals surface area contributed by atoms with Crippen LogP contribution in [0.15, 0.2) is 46.9 Å². The molecule has 1 aliphatic heterocycles. The van der Waals surface area contributed by atoms with Gasteiger partial charge >= 0.3 is 0 Å². The van der Waals surface area contributed by atoms with Crippen LogP contribution < -0.4 is 9.64 Å². The normalized spacial score (nSPS) is 13.6. The summed E-state index contributed by atoms with van der Waals surface area (Å²) in [5.74, 6) is 2.40.